The molecule has 0 aromatic heterocycles. The highest BCUT2D eigenvalue weighted by Crippen LogP contribution is 2.33. The second kappa shape index (κ2) is 8.27. The van der Waals surface area contributed by atoms with Gasteiger partial charge in [-0.25, -0.2) is 4.39 Å². The summed E-state index contributed by atoms with van der Waals surface area (Å²) in [6.07, 6.45) is 5.45. The van der Waals surface area contributed by atoms with Crippen molar-refractivity contribution in [3.05, 3.63) is 35.6 Å². The summed E-state index contributed by atoms with van der Waals surface area (Å²) in [7, 11) is 2.15. The molecule has 3 fully saturated rings. The molecular formula is C22H32FN3O. The van der Waals surface area contributed by atoms with E-state index in [-0.39, 0.29) is 11.7 Å². The maximum atomic E-state index is 13.2. The highest BCUT2D eigenvalue weighted by Gasteiger charge is 2.40. The van der Waals surface area contributed by atoms with Gasteiger partial charge in [0.25, 0.3) is 0 Å². The molecule has 0 saturated carbocycles. The van der Waals surface area contributed by atoms with Gasteiger partial charge in [0.1, 0.15) is 5.82 Å². The fourth-order valence-corrected chi connectivity index (χ4v) is 5.23. The van der Waals surface area contributed by atoms with Crippen LogP contribution in [-0.4, -0.2) is 66.4 Å². The number of halogens is 1. The molecule has 148 valence electrons. The topological polar surface area (TPSA) is 26.8 Å². The van der Waals surface area contributed by atoms with Gasteiger partial charge in [-0.15, -0.1) is 0 Å². The van der Waals surface area contributed by atoms with Crippen molar-refractivity contribution in [1.82, 2.24) is 14.7 Å². The number of hydrogen-bond donors (Lipinski definition) is 0. The average molecular weight is 374 g/mol. The minimum Gasteiger partial charge on any atom is -0.339 e. The van der Waals surface area contributed by atoms with E-state index >= 15 is 0 Å². The largest absolute Gasteiger partial charge is 0.339 e. The van der Waals surface area contributed by atoms with Crippen LogP contribution < -0.4 is 0 Å². The predicted molar refractivity (Wildman–Crippen MR) is 105 cm³/mol. The van der Waals surface area contributed by atoms with Gasteiger partial charge in [-0.2, -0.15) is 0 Å². The number of carbonyl (C=O) groups excluding carboxylic acids is 1. The van der Waals surface area contributed by atoms with Gasteiger partial charge in [0.2, 0.25) is 5.91 Å². The maximum absolute atomic E-state index is 13.2. The van der Waals surface area contributed by atoms with Crippen molar-refractivity contribution in [1.29, 1.82) is 0 Å². The second-order valence-corrected chi connectivity index (χ2v) is 8.73. The Labute approximate surface area is 162 Å². The molecule has 4 nitrogen and oxygen atoms in total. The van der Waals surface area contributed by atoms with Gasteiger partial charge in [-0.05, 0) is 75.9 Å². The van der Waals surface area contributed by atoms with Crippen LogP contribution in [0, 0.1) is 17.7 Å². The molecule has 27 heavy (non-hydrogen) atoms. The molecule has 0 aliphatic carbocycles. The van der Waals surface area contributed by atoms with Gasteiger partial charge in [0.05, 0.1) is 0 Å². The summed E-state index contributed by atoms with van der Waals surface area (Å²) in [5, 5.41) is 0. The Morgan fingerprint density at radius 2 is 1.78 bits per heavy atom. The lowest BCUT2D eigenvalue weighted by Crippen LogP contribution is -2.57. The Morgan fingerprint density at radius 3 is 2.52 bits per heavy atom. The van der Waals surface area contributed by atoms with Gasteiger partial charge in [-0.1, -0.05) is 12.1 Å². The van der Waals surface area contributed by atoms with Crippen LogP contribution in [0.1, 0.15) is 37.7 Å². The number of nitrogens with zero attached hydrogens (tertiary/aromatic N) is 3. The van der Waals surface area contributed by atoms with Crippen LogP contribution in [-0.2, 0) is 11.3 Å². The van der Waals surface area contributed by atoms with Crippen molar-refractivity contribution in [2.24, 2.45) is 11.8 Å². The smallest absolute Gasteiger partial charge is 0.226 e. The highest BCUT2D eigenvalue weighted by atomic mass is 19.1. The van der Waals surface area contributed by atoms with Crippen molar-refractivity contribution in [2.75, 3.05) is 39.8 Å². The first kappa shape index (κ1) is 18.9. The number of amides is 1. The molecule has 3 aliphatic rings. The van der Waals surface area contributed by atoms with Crippen molar-refractivity contribution < 1.29 is 9.18 Å². The molecule has 5 heteroatoms. The van der Waals surface area contributed by atoms with Gasteiger partial charge >= 0.3 is 0 Å². The summed E-state index contributed by atoms with van der Waals surface area (Å²) >= 11 is 0. The maximum Gasteiger partial charge on any atom is 0.226 e. The lowest BCUT2D eigenvalue weighted by molar-refractivity contribution is -0.144. The summed E-state index contributed by atoms with van der Waals surface area (Å²) in [4.78, 5) is 20.2. The molecule has 0 bridgehead atoms. The van der Waals surface area contributed by atoms with Crippen LogP contribution in [0.4, 0.5) is 4.39 Å². The second-order valence-electron chi connectivity index (χ2n) is 8.73. The molecule has 0 unspecified atom stereocenters. The Bertz CT molecular complexity index is 641. The van der Waals surface area contributed by atoms with E-state index < -0.39 is 0 Å². The van der Waals surface area contributed by atoms with Crippen LogP contribution in [0.15, 0.2) is 24.3 Å². The standard InChI is InChI=1S/C22H32FN3O/c1-24-12-8-18(9-13-24)22(27)26-11-2-3-19-16-25(14-10-21(19)26)15-17-4-6-20(23)7-5-17/h4-7,18-19,21H,2-3,8-16H2,1H3/t19-,21-/m1/s1. The van der Waals surface area contributed by atoms with Crippen LogP contribution >= 0.6 is 0 Å². The molecule has 1 amide bonds. The van der Waals surface area contributed by atoms with E-state index in [0.717, 1.165) is 65.0 Å². The fraction of sp³-hybridized carbons (Fsp3) is 0.682. The highest BCUT2D eigenvalue weighted by molar-refractivity contribution is 5.79. The number of piperidine rings is 3. The Morgan fingerprint density at radius 1 is 1.04 bits per heavy atom. The monoisotopic (exact) mass is 373 g/mol. The molecule has 4 rings (SSSR count). The molecule has 0 radical (unpaired) electrons. The van der Waals surface area contributed by atoms with Crippen LogP contribution in [0.2, 0.25) is 0 Å². The van der Waals surface area contributed by atoms with Crippen LogP contribution in [0.5, 0.6) is 0 Å². The summed E-state index contributed by atoms with van der Waals surface area (Å²) in [5.41, 5.74) is 1.17. The van der Waals surface area contributed by atoms with E-state index in [9.17, 15) is 9.18 Å². The molecule has 3 saturated heterocycles. The van der Waals surface area contributed by atoms with Crippen molar-refractivity contribution in [3.8, 4) is 0 Å². The van der Waals surface area contributed by atoms with Crippen LogP contribution in [0.25, 0.3) is 0 Å². The minimum atomic E-state index is -0.173. The SMILES string of the molecule is CN1CCC(C(=O)N2CCC[C@@H]3CN(Cc4ccc(F)cc4)CC[C@H]32)CC1. The third kappa shape index (κ3) is 4.35. The van der Waals surface area contributed by atoms with Crippen LogP contribution in [0.3, 0.4) is 0 Å². The quantitative estimate of drug-likeness (QED) is 0.815. The van der Waals surface area contributed by atoms with Crippen molar-refractivity contribution in [2.45, 2.75) is 44.7 Å². The molecule has 0 N–H and O–H groups in total. The molecule has 3 heterocycles. The van der Waals surface area contributed by atoms with Gasteiger partial charge in [0, 0.05) is 38.1 Å². The number of likely N-dealkylation sites (tertiary alicyclic amines) is 3. The third-order valence-corrected chi connectivity index (χ3v) is 6.82. The molecule has 2 atom stereocenters. The number of fused-ring (bicyclic) bond motifs is 1. The summed E-state index contributed by atoms with van der Waals surface area (Å²) < 4.78 is 13.1. The zero-order valence-electron chi connectivity index (χ0n) is 16.4. The summed E-state index contributed by atoms with van der Waals surface area (Å²) in [6.45, 7) is 6.00. The predicted octanol–water partition coefficient (Wildman–Crippen LogP) is 2.98. The molecule has 3 aliphatic heterocycles. The zero-order valence-corrected chi connectivity index (χ0v) is 16.4. The minimum absolute atomic E-state index is 0.173. The first-order valence-electron chi connectivity index (χ1n) is 10.6. The van der Waals surface area contributed by atoms with Crippen molar-refractivity contribution >= 4 is 5.91 Å². The van der Waals surface area contributed by atoms with E-state index in [1.807, 2.05) is 12.1 Å². The molecule has 0 spiro atoms. The normalized spacial score (nSPS) is 28.1. The Balaban J connectivity index is 1.36. The van der Waals surface area contributed by atoms with Gasteiger partial charge in [-0.3, -0.25) is 9.69 Å². The van der Waals surface area contributed by atoms with E-state index in [1.54, 1.807) is 12.1 Å². The number of carbonyl (C=O) groups is 1. The average Bonchev–Trinajstić information content (AvgIpc) is 2.69. The van der Waals surface area contributed by atoms with E-state index in [4.69, 9.17) is 0 Å². The summed E-state index contributed by atoms with van der Waals surface area (Å²) in [6, 6.07) is 7.29. The van der Waals surface area contributed by atoms with Gasteiger partial charge in [0.15, 0.2) is 0 Å². The number of hydrogen-bond acceptors (Lipinski definition) is 3. The van der Waals surface area contributed by atoms with Crippen molar-refractivity contribution in [3.63, 3.8) is 0 Å². The Kier molecular flexibility index (Phi) is 5.79. The molecule has 1 aromatic carbocycles. The Hall–Kier alpha value is -1.46. The summed E-state index contributed by atoms with van der Waals surface area (Å²) in [5.74, 6) is 1.07. The third-order valence-electron chi connectivity index (χ3n) is 6.82. The lowest BCUT2D eigenvalue weighted by atomic mass is 9.82. The van der Waals surface area contributed by atoms with Gasteiger partial charge < -0.3 is 9.80 Å². The van der Waals surface area contributed by atoms with E-state index in [2.05, 4.69) is 21.7 Å². The first-order chi connectivity index (χ1) is 13.1. The lowest BCUT2D eigenvalue weighted by Gasteiger charge is -2.48. The first-order valence-corrected chi connectivity index (χ1v) is 10.6. The number of benzene rings is 1. The zero-order chi connectivity index (χ0) is 18.8. The van der Waals surface area contributed by atoms with E-state index in [0.29, 0.717) is 17.9 Å². The number of rotatable bonds is 3. The molecular weight excluding hydrogens is 341 g/mol. The fourth-order valence-electron chi connectivity index (χ4n) is 5.23. The van der Waals surface area contributed by atoms with E-state index in [1.165, 1.54) is 12.0 Å². The molecule has 1 aromatic rings.